The van der Waals surface area contributed by atoms with Gasteiger partial charge in [-0.15, -0.1) is 0 Å². The van der Waals surface area contributed by atoms with E-state index in [1.807, 2.05) is 19.9 Å². The van der Waals surface area contributed by atoms with Crippen molar-refractivity contribution in [2.45, 2.75) is 26.3 Å². The first-order chi connectivity index (χ1) is 9.06. The highest BCUT2D eigenvalue weighted by Crippen LogP contribution is 2.28. The zero-order chi connectivity index (χ0) is 13.8. The Morgan fingerprint density at radius 3 is 2.79 bits per heavy atom. The van der Waals surface area contributed by atoms with Gasteiger partial charge >= 0.3 is 0 Å². The van der Waals surface area contributed by atoms with Gasteiger partial charge in [-0.25, -0.2) is 4.39 Å². The first-order valence-corrected chi connectivity index (χ1v) is 6.19. The lowest BCUT2D eigenvalue weighted by molar-refractivity contribution is 0.465. The predicted octanol–water partition coefficient (Wildman–Crippen LogP) is 3.21. The molecule has 2 N–H and O–H groups in total. The fourth-order valence-corrected chi connectivity index (χ4v) is 1.85. The van der Waals surface area contributed by atoms with Crippen LogP contribution in [0.2, 0.25) is 0 Å². The molecule has 1 heterocycles. The number of rotatable bonds is 4. The molecule has 0 aliphatic heterocycles. The van der Waals surface area contributed by atoms with E-state index in [1.54, 1.807) is 18.3 Å². The largest absolute Gasteiger partial charge is 0.455 e. The number of aryl methyl sites for hydroxylation is 1. The highest BCUT2D eigenvalue weighted by Gasteiger charge is 2.10. The summed E-state index contributed by atoms with van der Waals surface area (Å²) in [7, 11) is 0. The molecule has 1 unspecified atom stereocenters. The summed E-state index contributed by atoms with van der Waals surface area (Å²) in [5.74, 6) is 1.00. The van der Waals surface area contributed by atoms with Crippen LogP contribution in [0.15, 0.2) is 36.5 Å². The van der Waals surface area contributed by atoms with Crippen molar-refractivity contribution in [1.29, 1.82) is 0 Å². The Bertz CT molecular complexity index is 570. The van der Waals surface area contributed by atoms with Crippen molar-refractivity contribution >= 4 is 0 Å². The first kappa shape index (κ1) is 13.5. The minimum atomic E-state index is -0.286. The third kappa shape index (κ3) is 3.51. The molecule has 3 nitrogen and oxygen atoms in total. The Labute approximate surface area is 112 Å². The maximum absolute atomic E-state index is 13.3. The molecule has 2 aromatic rings. The fourth-order valence-electron chi connectivity index (χ4n) is 1.85. The minimum absolute atomic E-state index is 0.0563. The lowest BCUT2D eigenvalue weighted by Gasteiger charge is -2.14. The van der Waals surface area contributed by atoms with Crippen LogP contribution in [-0.2, 0) is 6.42 Å². The molecule has 0 saturated carbocycles. The number of hydrogen-bond acceptors (Lipinski definition) is 3. The second kappa shape index (κ2) is 5.80. The number of nitrogens with zero attached hydrogens (tertiary/aromatic N) is 1. The van der Waals surface area contributed by atoms with Crippen LogP contribution in [-0.4, -0.2) is 11.0 Å². The summed E-state index contributed by atoms with van der Waals surface area (Å²) in [5, 5.41) is 0. The molecule has 1 aromatic carbocycles. The van der Waals surface area contributed by atoms with E-state index in [9.17, 15) is 4.39 Å². The number of ether oxygens (including phenoxy) is 1. The molecule has 1 atom stereocenters. The maximum atomic E-state index is 13.3. The lowest BCUT2D eigenvalue weighted by atomic mass is 10.1. The standard InChI is InChI=1S/C15H17FN2O/c1-10(17)8-12-9-13(16)5-6-15(12)19-14-4-3-7-18-11(14)2/h3-7,9-10H,8,17H2,1-2H3. The van der Waals surface area contributed by atoms with Crippen LogP contribution in [0.25, 0.3) is 0 Å². The molecular weight excluding hydrogens is 243 g/mol. The van der Waals surface area contributed by atoms with Crippen molar-refractivity contribution in [3.05, 3.63) is 53.6 Å². The summed E-state index contributed by atoms with van der Waals surface area (Å²) in [6.07, 6.45) is 2.27. The molecule has 1 aromatic heterocycles. The maximum Gasteiger partial charge on any atom is 0.148 e. The molecule has 0 spiro atoms. The molecule has 0 fully saturated rings. The number of aromatic nitrogens is 1. The van der Waals surface area contributed by atoms with E-state index in [1.165, 1.54) is 12.1 Å². The average Bonchev–Trinajstić information content (AvgIpc) is 2.34. The van der Waals surface area contributed by atoms with Crippen molar-refractivity contribution in [3.8, 4) is 11.5 Å². The van der Waals surface area contributed by atoms with Crippen LogP contribution in [0.5, 0.6) is 11.5 Å². The second-order valence-electron chi connectivity index (χ2n) is 4.62. The van der Waals surface area contributed by atoms with Gasteiger partial charge in [0.2, 0.25) is 0 Å². The van der Waals surface area contributed by atoms with Gasteiger partial charge in [0.15, 0.2) is 0 Å². The predicted molar refractivity (Wildman–Crippen MR) is 72.8 cm³/mol. The molecule has 2 rings (SSSR count). The zero-order valence-electron chi connectivity index (χ0n) is 11.1. The highest BCUT2D eigenvalue weighted by atomic mass is 19.1. The number of pyridine rings is 1. The summed E-state index contributed by atoms with van der Waals surface area (Å²) in [6.45, 7) is 3.74. The van der Waals surface area contributed by atoms with Crippen LogP contribution in [0.3, 0.4) is 0 Å². The van der Waals surface area contributed by atoms with Gasteiger partial charge in [-0.2, -0.15) is 0 Å². The molecule has 100 valence electrons. The summed E-state index contributed by atoms with van der Waals surface area (Å²) < 4.78 is 19.1. The van der Waals surface area contributed by atoms with Crippen molar-refractivity contribution in [3.63, 3.8) is 0 Å². The van der Waals surface area contributed by atoms with Gasteiger partial charge < -0.3 is 10.5 Å². The second-order valence-corrected chi connectivity index (χ2v) is 4.62. The number of nitrogens with two attached hydrogens (primary N) is 1. The van der Waals surface area contributed by atoms with Crippen molar-refractivity contribution < 1.29 is 9.13 Å². The molecule has 0 bridgehead atoms. The Kier molecular flexibility index (Phi) is 4.12. The number of benzene rings is 1. The van der Waals surface area contributed by atoms with Crippen LogP contribution in [0.4, 0.5) is 4.39 Å². The smallest absolute Gasteiger partial charge is 0.148 e. The van der Waals surface area contributed by atoms with Gasteiger partial charge in [0.05, 0.1) is 5.69 Å². The molecule has 0 saturated heterocycles. The van der Waals surface area contributed by atoms with Crippen LogP contribution < -0.4 is 10.5 Å². The van der Waals surface area contributed by atoms with E-state index in [-0.39, 0.29) is 11.9 Å². The molecule has 0 amide bonds. The van der Waals surface area contributed by atoms with Gasteiger partial charge in [0, 0.05) is 12.2 Å². The van der Waals surface area contributed by atoms with E-state index >= 15 is 0 Å². The van der Waals surface area contributed by atoms with Crippen LogP contribution in [0, 0.1) is 12.7 Å². The zero-order valence-corrected chi connectivity index (χ0v) is 11.1. The normalized spacial score (nSPS) is 12.2. The Balaban J connectivity index is 2.32. The van der Waals surface area contributed by atoms with E-state index in [2.05, 4.69) is 4.98 Å². The monoisotopic (exact) mass is 260 g/mol. The summed E-state index contributed by atoms with van der Waals surface area (Å²) in [5.41, 5.74) is 7.33. The quantitative estimate of drug-likeness (QED) is 0.918. The van der Waals surface area contributed by atoms with Gasteiger partial charge in [-0.1, -0.05) is 0 Å². The highest BCUT2D eigenvalue weighted by molar-refractivity contribution is 5.39. The molecule has 0 radical (unpaired) electrons. The van der Waals surface area contributed by atoms with Crippen LogP contribution in [0.1, 0.15) is 18.2 Å². The van der Waals surface area contributed by atoms with Crippen molar-refractivity contribution in [2.24, 2.45) is 5.73 Å². The summed E-state index contributed by atoms with van der Waals surface area (Å²) >= 11 is 0. The van der Waals surface area contributed by atoms with E-state index in [4.69, 9.17) is 10.5 Å². The van der Waals surface area contributed by atoms with Crippen molar-refractivity contribution in [1.82, 2.24) is 4.98 Å². The molecule has 19 heavy (non-hydrogen) atoms. The lowest BCUT2D eigenvalue weighted by Crippen LogP contribution is -2.18. The molecule has 0 aliphatic carbocycles. The third-order valence-corrected chi connectivity index (χ3v) is 2.74. The van der Waals surface area contributed by atoms with E-state index in [0.29, 0.717) is 17.9 Å². The van der Waals surface area contributed by atoms with Gasteiger partial charge in [-0.05, 0) is 56.2 Å². The van der Waals surface area contributed by atoms with Crippen LogP contribution >= 0.6 is 0 Å². The van der Waals surface area contributed by atoms with Gasteiger partial charge in [0.25, 0.3) is 0 Å². The minimum Gasteiger partial charge on any atom is -0.455 e. The number of halogens is 1. The van der Waals surface area contributed by atoms with E-state index in [0.717, 1.165) is 11.3 Å². The first-order valence-electron chi connectivity index (χ1n) is 6.19. The molecule has 4 heteroatoms. The average molecular weight is 260 g/mol. The Morgan fingerprint density at radius 2 is 2.11 bits per heavy atom. The van der Waals surface area contributed by atoms with Gasteiger partial charge in [0.1, 0.15) is 17.3 Å². The summed E-state index contributed by atoms with van der Waals surface area (Å²) in [6, 6.07) is 8.05. The topological polar surface area (TPSA) is 48.1 Å². The fraction of sp³-hybridized carbons (Fsp3) is 0.267. The summed E-state index contributed by atoms with van der Waals surface area (Å²) in [4.78, 5) is 4.16. The van der Waals surface area contributed by atoms with Crippen molar-refractivity contribution in [2.75, 3.05) is 0 Å². The molecule has 0 aliphatic rings. The Morgan fingerprint density at radius 1 is 1.32 bits per heavy atom. The molecular formula is C15H17FN2O. The Hall–Kier alpha value is -1.94. The van der Waals surface area contributed by atoms with E-state index < -0.39 is 0 Å². The van der Waals surface area contributed by atoms with Gasteiger partial charge in [-0.3, -0.25) is 4.98 Å². The third-order valence-electron chi connectivity index (χ3n) is 2.74. The number of hydrogen-bond donors (Lipinski definition) is 1. The SMILES string of the molecule is Cc1ncccc1Oc1ccc(F)cc1CC(C)N.